The van der Waals surface area contributed by atoms with Gasteiger partial charge in [0.15, 0.2) is 19.7 Å². The number of hydrogen-bond donors (Lipinski definition) is 3. The van der Waals surface area contributed by atoms with Crippen molar-refractivity contribution in [1.82, 2.24) is 0 Å². The van der Waals surface area contributed by atoms with Gasteiger partial charge in [0.25, 0.3) is 0 Å². The van der Waals surface area contributed by atoms with E-state index in [1.165, 1.54) is 6.92 Å². The number of fused-ring (bicyclic) bond motifs is 5. The van der Waals surface area contributed by atoms with Gasteiger partial charge in [-0.1, -0.05) is 52.8 Å². The summed E-state index contributed by atoms with van der Waals surface area (Å²) in [4.78, 5) is 42.1. The minimum atomic E-state index is -2.54. The van der Waals surface area contributed by atoms with Gasteiger partial charge in [-0.3, -0.25) is 9.59 Å². The lowest BCUT2D eigenvalue weighted by Gasteiger charge is -2.67. The molecule has 3 aliphatic carbocycles. The highest BCUT2D eigenvalue weighted by molar-refractivity contribution is 6.73. The van der Waals surface area contributed by atoms with Gasteiger partial charge in [-0.25, -0.2) is 4.79 Å². The van der Waals surface area contributed by atoms with E-state index >= 15 is 4.79 Å². The number of ether oxygens (including phenoxy) is 3. The first kappa shape index (κ1) is 34.9. The highest BCUT2D eigenvalue weighted by Gasteiger charge is 2.78. The predicted octanol–water partition coefficient (Wildman–Crippen LogP) is 4.11. The predicted molar refractivity (Wildman–Crippen MR) is 171 cm³/mol. The molecule has 3 N–H and O–H groups in total. The Labute approximate surface area is 272 Å². The van der Waals surface area contributed by atoms with Crippen molar-refractivity contribution in [1.29, 1.82) is 0 Å². The van der Waals surface area contributed by atoms with Crippen molar-refractivity contribution in [3.8, 4) is 0 Å². The van der Waals surface area contributed by atoms with Crippen molar-refractivity contribution in [3.05, 3.63) is 47.0 Å². The fourth-order valence-corrected chi connectivity index (χ4v) is 11.7. The highest BCUT2D eigenvalue weighted by atomic mass is 28.4. The average molecular weight is 659 g/mol. The monoisotopic (exact) mass is 658 g/mol. The molecule has 2 saturated carbocycles. The van der Waals surface area contributed by atoms with E-state index in [9.17, 15) is 24.9 Å². The van der Waals surface area contributed by atoms with Crippen LogP contribution in [0.25, 0.3) is 0 Å². The molecule has 2 bridgehead atoms. The van der Waals surface area contributed by atoms with Crippen LogP contribution in [0.4, 0.5) is 0 Å². The number of Topliss-reactive ketones (excluding diaryl/α,β-unsaturated/α-hetero) is 1. The van der Waals surface area contributed by atoms with Crippen LogP contribution in [0.5, 0.6) is 0 Å². The van der Waals surface area contributed by atoms with Crippen molar-refractivity contribution in [2.24, 2.45) is 16.7 Å². The molecule has 0 amide bonds. The third-order valence-corrected chi connectivity index (χ3v) is 16.8. The highest BCUT2D eigenvalue weighted by Crippen LogP contribution is 2.64. The van der Waals surface area contributed by atoms with E-state index in [4.69, 9.17) is 18.6 Å². The van der Waals surface area contributed by atoms with Gasteiger partial charge in [0.2, 0.25) is 0 Å². The number of aliphatic hydroxyl groups is 3. The maximum absolute atomic E-state index is 15.5. The van der Waals surface area contributed by atoms with Crippen LogP contribution in [0.2, 0.25) is 18.1 Å². The number of hydrogen-bond acceptors (Lipinski definition) is 10. The lowest BCUT2D eigenvalue weighted by atomic mass is 9.44. The molecule has 5 rings (SSSR count). The summed E-state index contributed by atoms with van der Waals surface area (Å²) in [6.45, 7) is 14.2. The van der Waals surface area contributed by atoms with Gasteiger partial charge in [-0.15, -0.1) is 0 Å². The zero-order valence-corrected chi connectivity index (χ0v) is 29.3. The van der Waals surface area contributed by atoms with Crippen LogP contribution in [-0.4, -0.2) is 89.7 Å². The van der Waals surface area contributed by atoms with E-state index < -0.39 is 84.5 Å². The maximum Gasteiger partial charge on any atom is 0.338 e. The lowest BCUT2D eigenvalue weighted by Crippen LogP contribution is -2.82. The Morgan fingerprint density at radius 1 is 1.04 bits per heavy atom. The molecule has 1 saturated heterocycles. The second-order valence-corrected chi connectivity index (χ2v) is 19.2. The zero-order valence-electron chi connectivity index (χ0n) is 28.3. The topological polar surface area (TPSA) is 149 Å². The Balaban J connectivity index is 1.84. The molecule has 1 heterocycles. The lowest BCUT2D eigenvalue weighted by molar-refractivity contribution is -0.345. The van der Waals surface area contributed by atoms with Gasteiger partial charge in [-0.05, 0) is 55.3 Å². The number of aliphatic hydroxyl groups excluding tert-OH is 2. The van der Waals surface area contributed by atoms with E-state index in [1.807, 2.05) is 0 Å². The van der Waals surface area contributed by atoms with E-state index in [0.29, 0.717) is 11.1 Å². The van der Waals surface area contributed by atoms with Crippen molar-refractivity contribution >= 4 is 26.0 Å². The summed E-state index contributed by atoms with van der Waals surface area (Å²) in [7, 11) is -2.54. The van der Waals surface area contributed by atoms with E-state index in [2.05, 4.69) is 20.8 Å². The van der Waals surface area contributed by atoms with Crippen LogP contribution in [0.3, 0.4) is 0 Å². The first-order chi connectivity index (χ1) is 21.5. The summed E-state index contributed by atoms with van der Waals surface area (Å²) in [5, 5.41) is 36.8. The van der Waals surface area contributed by atoms with Gasteiger partial charge >= 0.3 is 11.9 Å². The normalized spacial score (nSPS) is 38.5. The molecule has 3 fully saturated rings. The van der Waals surface area contributed by atoms with Crippen molar-refractivity contribution < 1.29 is 48.3 Å². The Morgan fingerprint density at radius 2 is 1.65 bits per heavy atom. The summed E-state index contributed by atoms with van der Waals surface area (Å²) in [5.74, 6) is -3.10. The maximum atomic E-state index is 15.5. The third-order valence-electron chi connectivity index (χ3n) is 12.2. The fraction of sp³-hybridized carbons (Fsp3) is 0.686. The van der Waals surface area contributed by atoms with Gasteiger partial charge in [-0.2, -0.15) is 0 Å². The summed E-state index contributed by atoms with van der Waals surface area (Å²) in [5.41, 5.74) is -5.36. The van der Waals surface area contributed by atoms with Gasteiger partial charge < -0.3 is 34.0 Å². The molecule has 9 atom stereocenters. The van der Waals surface area contributed by atoms with Crippen molar-refractivity contribution in [2.45, 2.75) is 128 Å². The van der Waals surface area contributed by atoms with Crippen LogP contribution >= 0.6 is 0 Å². The number of esters is 2. The van der Waals surface area contributed by atoms with Gasteiger partial charge in [0.1, 0.15) is 23.9 Å². The summed E-state index contributed by atoms with van der Waals surface area (Å²) in [6.07, 6.45) is -6.30. The molecule has 0 aromatic heterocycles. The molecule has 4 aliphatic rings. The molecule has 0 spiro atoms. The van der Waals surface area contributed by atoms with Crippen LogP contribution in [0.15, 0.2) is 41.5 Å². The second kappa shape index (κ2) is 11.9. The molecule has 10 nitrogen and oxygen atoms in total. The molecule has 0 radical (unpaired) electrons. The van der Waals surface area contributed by atoms with Crippen molar-refractivity contribution in [2.75, 3.05) is 6.61 Å². The van der Waals surface area contributed by atoms with Gasteiger partial charge in [0.05, 0.1) is 35.7 Å². The zero-order chi connectivity index (χ0) is 34.0. The molecule has 1 unspecified atom stereocenters. The van der Waals surface area contributed by atoms with Crippen LogP contribution in [0, 0.1) is 16.7 Å². The third kappa shape index (κ3) is 4.87. The second-order valence-electron chi connectivity index (χ2n) is 14.5. The van der Waals surface area contributed by atoms with Crippen molar-refractivity contribution in [3.63, 3.8) is 0 Å². The Kier molecular flexibility index (Phi) is 9.05. The largest absolute Gasteiger partial charge is 0.455 e. The van der Waals surface area contributed by atoms with Gasteiger partial charge in [0, 0.05) is 25.2 Å². The molecular weight excluding hydrogens is 608 g/mol. The molecule has 1 aromatic carbocycles. The van der Waals surface area contributed by atoms with Crippen LogP contribution in [-0.2, 0) is 28.2 Å². The van der Waals surface area contributed by atoms with E-state index in [1.54, 1.807) is 58.0 Å². The Bertz CT molecular complexity index is 1400. The molecule has 1 aliphatic heterocycles. The quantitative estimate of drug-likeness (QED) is 0.212. The molecule has 11 heteroatoms. The minimum Gasteiger partial charge on any atom is -0.455 e. The number of benzene rings is 1. The first-order valence-corrected chi connectivity index (χ1v) is 19.1. The molecular formula is C35H50O10Si. The SMILES string of the molecule is CC[Si](CC)(CC)O[C@H]1C(=O)[C@@]2(C)C([C@H](OC(=O)c3ccccc3)[C@]3(O)C[C@H](O)C(C)=C1C3(C)C)[C@]1(OC(C)=O)CO[C@@H]1C[C@@H]2O. The Hall–Kier alpha value is -2.41. The first-order valence-electron chi connectivity index (χ1n) is 16.6. The number of carbonyl (C=O) groups is 3. The Morgan fingerprint density at radius 3 is 2.17 bits per heavy atom. The van der Waals surface area contributed by atoms with E-state index in [0.717, 1.165) is 18.1 Å². The number of ketones is 1. The standard InChI is InChI=1S/C35H50O10Si/c1-9-46(10-2,11-3)45-27-26-20(4)23(37)18-35(41,32(26,6)7)30(43-31(40)22-15-13-12-14-16-22)28-33(8,29(27)39)24(38)17-25-34(28,19-42-25)44-21(5)36/h12-16,23-25,27-28,30,37-38,41H,9-11,17-19H2,1-8H3/t23-,24-,25+,27+,28?,30-,33+,34-,35+/m0/s1. The number of rotatable bonds is 8. The van der Waals surface area contributed by atoms with E-state index in [-0.39, 0.29) is 25.0 Å². The summed E-state index contributed by atoms with van der Waals surface area (Å²) >= 11 is 0. The minimum absolute atomic E-state index is 0.0154. The van der Waals surface area contributed by atoms with Crippen LogP contribution < -0.4 is 0 Å². The van der Waals surface area contributed by atoms with Crippen LogP contribution in [0.1, 0.15) is 78.6 Å². The smallest absolute Gasteiger partial charge is 0.338 e. The fourth-order valence-electron chi connectivity index (χ4n) is 8.99. The molecule has 46 heavy (non-hydrogen) atoms. The summed E-state index contributed by atoms with van der Waals surface area (Å²) in [6, 6.07) is 10.5. The number of carbonyl (C=O) groups excluding carboxylic acids is 3. The molecule has 254 valence electrons. The molecule has 1 aromatic rings. The summed E-state index contributed by atoms with van der Waals surface area (Å²) < 4.78 is 25.4. The average Bonchev–Trinajstić information content (AvgIpc) is 3.01.